The number of nitrogens with two attached hydrogens (primary N) is 1. The molecule has 0 aliphatic carbocycles. The molecule has 0 fully saturated rings. The van der Waals surface area contributed by atoms with Gasteiger partial charge in [-0.25, -0.2) is 4.79 Å². The second kappa shape index (κ2) is 10.8. The molecule has 5 nitrogen and oxygen atoms in total. The molecular formula is C25H26BrN3O2S. The van der Waals surface area contributed by atoms with Crippen LogP contribution >= 0.6 is 27.7 Å². The first-order valence-corrected chi connectivity index (χ1v) is 12.2. The summed E-state index contributed by atoms with van der Waals surface area (Å²) in [5.74, 6) is 1.08. The summed E-state index contributed by atoms with van der Waals surface area (Å²) >= 11 is 5.18. The number of hydrogen-bond donors (Lipinski definition) is 1. The van der Waals surface area contributed by atoms with E-state index in [9.17, 15) is 10.1 Å². The van der Waals surface area contributed by atoms with Gasteiger partial charge in [0.25, 0.3) is 0 Å². The predicted molar refractivity (Wildman–Crippen MR) is 134 cm³/mol. The Morgan fingerprint density at radius 3 is 2.56 bits per heavy atom. The number of rotatable bonds is 7. The quantitative estimate of drug-likeness (QED) is 0.422. The Morgan fingerprint density at radius 2 is 1.94 bits per heavy atom. The van der Waals surface area contributed by atoms with Crippen molar-refractivity contribution in [1.29, 1.82) is 5.26 Å². The van der Waals surface area contributed by atoms with E-state index in [2.05, 4.69) is 28.9 Å². The number of amides is 2. The summed E-state index contributed by atoms with van der Waals surface area (Å²) in [5.41, 5.74) is 9.64. The van der Waals surface area contributed by atoms with E-state index >= 15 is 0 Å². The summed E-state index contributed by atoms with van der Waals surface area (Å²) in [7, 11) is 1.61. The molecule has 7 heteroatoms. The topological polar surface area (TPSA) is 79.3 Å². The van der Waals surface area contributed by atoms with Gasteiger partial charge in [0.05, 0.1) is 29.7 Å². The maximum Gasteiger partial charge on any atom is 0.324 e. The Bertz CT molecular complexity index is 1120. The van der Waals surface area contributed by atoms with Crippen LogP contribution in [0.25, 0.3) is 5.57 Å². The molecule has 0 radical (unpaired) electrons. The number of primary amides is 1. The van der Waals surface area contributed by atoms with Crippen molar-refractivity contribution in [3.05, 3.63) is 80.4 Å². The predicted octanol–water partition coefficient (Wildman–Crippen LogP) is 6.64. The highest BCUT2D eigenvalue weighted by Gasteiger charge is 2.38. The van der Waals surface area contributed by atoms with Crippen molar-refractivity contribution in [1.82, 2.24) is 4.90 Å². The van der Waals surface area contributed by atoms with E-state index in [1.165, 1.54) is 16.7 Å². The number of ether oxygens (including phenoxy) is 1. The van der Waals surface area contributed by atoms with E-state index in [0.29, 0.717) is 22.0 Å². The molecule has 0 aromatic heterocycles. The van der Waals surface area contributed by atoms with Crippen LogP contribution in [-0.2, 0) is 0 Å². The molecule has 2 amide bonds. The molecule has 1 atom stereocenters. The Balaban J connectivity index is 2.36. The van der Waals surface area contributed by atoms with Gasteiger partial charge < -0.3 is 10.5 Å². The average molecular weight is 512 g/mol. The normalized spacial score (nSPS) is 16.2. The fourth-order valence-corrected chi connectivity index (χ4v) is 5.76. The van der Waals surface area contributed by atoms with Gasteiger partial charge in [0.2, 0.25) is 0 Å². The highest BCUT2D eigenvalue weighted by molar-refractivity contribution is 9.10. The van der Waals surface area contributed by atoms with Crippen LogP contribution < -0.4 is 10.5 Å². The van der Waals surface area contributed by atoms with E-state index < -0.39 is 6.03 Å². The van der Waals surface area contributed by atoms with Gasteiger partial charge in [0.15, 0.2) is 0 Å². The fraction of sp³-hybridized carbons (Fsp3) is 0.280. The third kappa shape index (κ3) is 4.57. The standard InChI is InChI=1S/C25H26BrN3O2S/c1-4-5-14-32-24-19(15-27)23(17-10-6-8-12-20(17)26)22(16(2)29(24)25(28)30)18-11-7-9-13-21(18)31-3/h6-13,23H,4-5,14H2,1-3H3,(H2,28,30). The smallest absolute Gasteiger partial charge is 0.324 e. The van der Waals surface area contributed by atoms with Crippen molar-refractivity contribution in [3.8, 4) is 11.8 Å². The zero-order valence-electron chi connectivity index (χ0n) is 18.4. The molecule has 1 aliphatic heterocycles. The van der Waals surface area contributed by atoms with Crippen LogP contribution in [0.5, 0.6) is 5.75 Å². The van der Waals surface area contributed by atoms with Crippen LogP contribution in [0.15, 0.2) is 69.3 Å². The maximum absolute atomic E-state index is 12.6. The van der Waals surface area contributed by atoms with E-state index in [0.717, 1.165) is 39.8 Å². The number of para-hydroxylation sites is 1. The lowest BCUT2D eigenvalue weighted by molar-refractivity contribution is 0.231. The minimum absolute atomic E-state index is 0.383. The molecule has 1 aliphatic rings. The lowest BCUT2D eigenvalue weighted by Crippen LogP contribution is -2.37. The van der Waals surface area contributed by atoms with Gasteiger partial charge >= 0.3 is 6.03 Å². The number of urea groups is 1. The van der Waals surface area contributed by atoms with Gasteiger partial charge in [-0.2, -0.15) is 5.26 Å². The number of halogens is 1. The van der Waals surface area contributed by atoms with Gasteiger partial charge in [-0.1, -0.05) is 65.7 Å². The number of thioether (sulfide) groups is 1. The Hall–Kier alpha value is -2.69. The van der Waals surface area contributed by atoms with Crippen molar-refractivity contribution in [2.75, 3.05) is 12.9 Å². The van der Waals surface area contributed by atoms with Crippen molar-refractivity contribution in [3.63, 3.8) is 0 Å². The van der Waals surface area contributed by atoms with Crippen LogP contribution in [0.2, 0.25) is 0 Å². The SMILES string of the molecule is CCCCSC1=C(C#N)C(c2ccccc2Br)C(c2ccccc2OC)=C(C)N1C(N)=O. The van der Waals surface area contributed by atoms with Crippen molar-refractivity contribution in [2.24, 2.45) is 5.73 Å². The Kier molecular flexibility index (Phi) is 8.05. The van der Waals surface area contributed by atoms with E-state index in [1.54, 1.807) is 7.11 Å². The molecule has 0 bridgehead atoms. The van der Waals surface area contributed by atoms with Gasteiger partial charge in [-0.05, 0) is 42.4 Å². The van der Waals surface area contributed by atoms with Gasteiger partial charge in [0.1, 0.15) is 5.75 Å². The molecule has 1 heterocycles. The molecular weight excluding hydrogens is 486 g/mol. The van der Waals surface area contributed by atoms with Crippen LogP contribution in [0.3, 0.4) is 0 Å². The van der Waals surface area contributed by atoms with E-state index in [1.807, 2.05) is 55.5 Å². The lowest BCUT2D eigenvalue weighted by Gasteiger charge is -2.37. The number of methoxy groups -OCH3 is 1. The summed E-state index contributed by atoms with van der Waals surface area (Å²) < 4.78 is 6.54. The number of benzene rings is 2. The third-order valence-electron chi connectivity index (χ3n) is 5.43. The molecule has 166 valence electrons. The highest BCUT2D eigenvalue weighted by atomic mass is 79.9. The Morgan fingerprint density at radius 1 is 1.25 bits per heavy atom. The molecule has 2 N–H and O–H groups in total. The first-order chi connectivity index (χ1) is 15.5. The fourth-order valence-electron chi connectivity index (χ4n) is 3.94. The second-order valence-corrected chi connectivity index (χ2v) is 9.30. The summed E-state index contributed by atoms with van der Waals surface area (Å²) in [6, 6.07) is 17.3. The van der Waals surface area contributed by atoms with E-state index in [-0.39, 0.29) is 5.92 Å². The number of allylic oxidation sites excluding steroid dienone is 3. The molecule has 2 aromatic carbocycles. The number of hydrogen-bond acceptors (Lipinski definition) is 4. The summed E-state index contributed by atoms with van der Waals surface area (Å²) in [4.78, 5) is 14.1. The van der Waals surface area contributed by atoms with Crippen molar-refractivity contribution in [2.45, 2.75) is 32.6 Å². The minimum Gasteiger partial charge on any atom is -0.496 e. The molecule has 2 aromatic rings. The first-order valence-electron chi connectivity index (χ1n) is 10.4. The van der Waals surface area contributed by atoms with Gasteiger partial charge in [-0.3, -0.25) is 4.90 Å². The number of carbonyl (C=O) groups excluding carboxylic acids is 1. The number of nitrogens with zero attached hydrogens (tertiary/aromatic N) is 2. The molecule has 3 rings (SSSR count). The number of carbonyl (C=O) groups is 1. The first kappa shape index (κ1) is 24.0. The molecule has 0 saturated carbocycles. The molecule has 0 spiro atoms. The lowest BCUT2D eigenvalue weighted by atomic mass is 9.78. The van der Waals surface area contributed by atoms with Crippen LogP contribution in [-0.4, -0.2) is 23.8 Å². The number of nitriles is 1. The maximum atomic E-state index is 12.6. The molecule has 1 unspecified atom stereocenters. The van der Waals surface area contributed by atoms with Crippen molar-refractivity contribution < 1.29 is 9.53 Å². The third-order valence-corrected chi connectivity index (χ3v) is 7.32. The molecule has 0 saturated heterocycles. The number of unbranched alkanes of at least 4 members (excludes halogenated alkanes) is 1. The van der Waals surface area contributed by atoms with Crippen LogP contribution in [0, 0.1) is 11.3 Å². The minimum atomic E-state index is -0.604. The van der Waals surface area contributed by atoms with Gasteiger partial charge in [-0.15, -0.1) is 11.8 Å². The van der Waals surface area contributed by atoms with Crippen LogP contribution in [0.1, 0.15) is 43.7 Å². The summed E-state index contributed by atoms with van der Waals surface area (Å²) in [6.45, 7) is 3.99. The van der Waals surface area contributed by atoms with Gasteiger partial charge in [0, 0.05) is 15.7 Å². The largest absolute Gasteiger partial charge is 0.496 e. The van der Waals surface area contributed by atoms with Crippen LogP contribution in [0.4, 0.5) is 4.79 Å². The monoisotopic (exact) mass is 511 g/mol. The second-order valence-electron chi connectivity index (χ2n) is 7.36. The Labute approximate surface area is 202 Å². The highest BCUT2D eigenvalue weighted by Crippen LogP contribution is 2.51. The summed E-state index contributed by atoms with van der Waals surface area (Å²) in [6.07, 6.45) is 2.00. The zero-order valence-corrected chi connectivity index (χ0v) is 20.8. The summed E-state index contributed by atoms with van der Waals surface area (Å²) in [5, 5.41) is 11.0. The van der Waals surface area contributed by atoms with E-state index in [4.69, 9.17) is 10.5 Å². The average Bonchev–Trinajstić information content (AvgIpc) is 2.79. The zero-order chi connectivity index (χ0) is 23.3. The van der Waals surface area contributed by atoms with Crippen molar-refractivity contribution >= 4 is 39.3 Å². The molecule has 32 heavy (non-hydrogen) atoms.